The summed E-state index contributed by atoms with van der Waals surface area (Å²) in [6, 6.07) is 1.45. The lowest BCUT2D eigenvalue weighted by Gasteiger charge is -1.99. The van der Waals surface area contributed by atoms with Crippen LogP contribution in [0.4, 0.5) is 5.82 Å². The standard InChI is InChI=1S/C7H7ClN4O2/c1-2-5(3-9)11-4-6(8)7(10-11)12(13)14/h4-5H,2H2,1H3. The molecule has 7 heteroatoms. The van der Waals surface area contributed by atoms with Crippen LogP contribution in [0.25, 0.3) is 0 Å². The van der Waals surface area contributed by atoms with Gasteiger partial charge in [0.25, 0.3) is 0 Å². The van der Waals surface area contributed by atoms with E-state index in [1.54, 1.807) is 6.92 Å². The minimum Gasteiger partial charge on any atom is -0.358 e. The summed E-state index contributed by atoms with van der Waals surface area (Å²) in [4.78, 5) is 9.72. The van der Waals surface area contributed by atoms with E-state index in [9.17, 15) is 10.1 Å². The van der Waals surface area contributed by atoms with Crippen molar-refractivity contribution in [3.63, 3.8) is 0 Å². The fourth-order valence-corrected chi connectivity index (χ4v) is 1.19. The predicted molar refractivity (Wildman–Crippen MR) is 48.8 cm³/mol. The highest BCUT2D eigenvalue weighted by Gasteiger charge is 2.22. The van der Waals surface area contributed by atoms with Gasteiger partial charge in [-0.2, -0.15) is 9.94 Å². The van der Waals surface area contributed by atoms with Gasteiger partial charge in [-0.15, -0.1) is 0 Å². The SMILES string of the molecule is CCC(C#N)n1cc(Cl)c([N+](=O)[O-])n1. The van der Waals surface area contributed by atoms with E-state index in [2.05, 4.69) is 5.10 Å². The Labute approximate surface area is 84.8 Å². The number of rotatable bonds is 3. The lowest BCUT2D eigenvalue weighted by molar-refractivity contribution is -0.389. The molecule has 0 N–H and O–H groups in total. The van der Waals surface area contributed by atoms with Gasteiger partial charge in [0.1, 0.15) is 0 Å². The zero-order chi connectivity index (χ0) is 10.7. The molecule has 0 aliphatic heterocycles. The monoisotopic (exact) mass is 214 g/mol. The van der Waals surface area contributed by atoms with Crippen LogP contribution in [-0.2, 0) is 0 Å². The van der Waals surface area contributed by atoms with Gasteiger partial charge in [-0.05, 0) is 11.3 Å². The molecule has 0 saturated carbocycles. The van der Waals surface area contributed by atoms with Crippen LogP contribution in [0.3, 0.4) is 0 Å². The number of nitrogens with zero attached hydrogens (tertiary/aromatic N) is 4. The molecule has 0 aliphatic carbocycles. The van der Waals surface area contributed by atoms with Crippen molar-refractivity contribution in [2.75, 3.05) is 0 Å². The van der Waals surface area contributed by atoms with Gasteiger partial charge >= 0.3 is 5.82 Å². The average Bonchev–Trinajstić information content (AvgIpc) is 2.50. The molecule has 1 aromatic heterocycles. The second-order valence-electron chi connectivity index (χ2n) is 2.59. The third-order valence-electron chi connectivity index (χ3n) is 1.70. The quantitative estimate of drug-likeness (QED) is 0.568. The van der Waals surface area contributed by atoms with Crippen LogP contribution in [-0.4, -0.2) is 14.7 Å². The van der Waals surface area contributed by atoms with E-state index in [1.807, 2.05) is 6.07 Å². The largest absolute Gasteiger partial charge is 0.408 e. The highest BCUT2D eigenvalue weighted by Crippen LogP contribution is 2.23. The Hall–Kier alpha value is -1.61. The molecular weight excluding hydrogens is 208 g/mol. The van der Waals surface area contributed by atoms with Gasteiger partial charge in [0.2, 0.25) is 0 Å². The summed E-state index contributed by atoms with van der Waals surface area (Å²) >= 11 is 5.56. The van der Waals surface area contributed by atoms with E-state index in [-0.39, 0.29) is 5.02 Å². The van der Waals surface area contributed by atoms with Gasteiger partial charge < -0.3 is 10.1 Å². The number of halogens is 1. The van der Waals surface area contributed by atoms with E-state index in [0.29, 0.717) is 6.42 Å². The van der Waals surface area contributed by atoms with Crippen molar-refractivity contribution in [1.82, 2.24) is 9.78 Å². The van der Waals surface area contributed by atoms with Crippen molar-refractivity contribution in [2.45, 2.75) is 19.4 Å². The van der Waals surface area contributed by atoms with Crippen molar-refractivity contribution in [3.05, 3.63) is 21.3 Å². The van der Waals surface area contributed by atoms with Crippen molar-refractivity contribution in [1.29, 1.82) is 5.26 Å². The van der Waals surface area contributed by atoms with Gasteiger partial charge in [0.15, 0.2) is 11.1 Å². The maximum Gasteiger partial charge on any atom is 0.408 e. The first-order valence-corrected chi connectivity index (χ1v) is 4.26. The molecule has 14 heavy (non-hydrogen) atoms. The van der Waals surface area contributed by atoms with Crippen LogP contribution in [0.5, 0.6) is 0 Å². The first-order chi connectivity index (χ1) is 6.60. The van der Waals surface area contributed by atoms with Crippen LogP contribution in [0.1, 0.15) is 19.4 Å². The van der Waals surface area contributed by atoms with E-state index in [4.69, 9.17) is 16.9 Å². The molecule has 0 amide bonds. The third kappa shape index (κ3) is 1.83. The molecule has 1 atom stereocenters. The van der Waals surface area contributed by atoms with Crippen molar-refractivity contribution in [3.8, 4) is 6.07 Å². The minimum absolute atomic E-state index is 0.0521. The first-order valence-electron chi connectivity index (χ1n) is 3.88. The van der Waals surface area contributed by atoms with E-state index < -0.39 is 16.8 Å². The summed E-state index contributed by atoms with van der Waals surface area (Å²) in [5.74, 6) is -0.416. The summed E-state index contributed by atoms with van der Waals surface area (Å²) in [7, 11) is 0. The Morgan fingerprint density at radius 2 is 2.57 bits per heavy atom. The Morgan fingerprint density at radius 1 is 1.93 bits per heavy atom. The molecule has 1 heterocycles. The summed E-state index contributed by atoms with van der Waals surface area (Å²) in [6.45, 7) is 1.79. The molecule has 6 nitrogen and oxygen atoms in total. The van der Waals surface area contributed by atoms with Gasteiger partial charge in [0, 0.05) is 0 Å². The summed E-state index contributed by atoms with van der Waals surface area (Å²) < 4.78 is 1.21. The lowest BCUT2D eigenvalue weighted by Crippen LogP contribution is -2.06. The lowest BCUT2D eigenvalue weighted by atomic mass is 10.3. The second-order valence-corrected chi connectivity index (χ2v) is 3.00. The molecule has 1 rings (SSSR count). The van der Waals surface area contributed by atoms with E-state index in [0.717, 1.165) is 0 Å². The number of nitriles is 1. The molecule has 0 saturated heterocycles. The summed E-state index contributed by atoms with van der Waals surface area (Å²) in [5.41, 5.74) is 0. The maximum absolute atomic E-state index is 10.4. The molecule has 1 aromatic rings. The maximum atomic E-state index is 10.4. The van der Waals surface area contributed by atoms with Crippen LogP contribution >= 0.6 is 11.6 Å². The van der Waals surface area contributed by atoms with E-state index >= 15 is 0 Å². The second kappa shape index (κ2) is 4.07. The Morgan fingerprint density at radius 3 is 2.93 bits per heavy atom. The molecular formula is C7H7ClN4O2. The predicted octanol–water partition coefficient (Wildman–Crippen LogP) is 1.92. The number of aromatic nitrogens is 2. The van der Waals surface area contributed by atoms with Crippen molar-refractivity contribution >= 4 is 17.4 Å². The third-order valence-corrected chi connectivity index (χ3v) is 1.96. The molecule has 74 valence electrons. The van der Waals surface area contributed by atoms with Crippen LogP contribution < -0.4 is 0 Å². The molecule has 0 radical (unpaired) electrons. The smallest absolute Gasteiger partial charge is 0.358 e. The fourth-order valence-electron chi connectivity index (χ4n) is 0.981. The molecule has 0 spiro atoms. The zero-order valence-electron chi connectivity index (χ0n) is 7.35. The van der Waals surface area contributed by atoms with E-state index in [1.165, 1.54) is 10.9 Å². The van der Waals surface area contributed by atoms with Crippen molar-refractivity contribution < 1.29 is 4.92 Å². The molecule has 1 unspecified atom stereocenters. The molecule has 0 aromatic carbocycles. The first kappa shape index (κ1) is 10.5. The van der Waals surface area contributed by atoms with Crippen LogP contribution in [0.15, 0.2) is 6.20 Å². The van der Waals surface area contributed by atoms with Crippen LogP contribution in [0.2, 0.25) is 5.02 Å². The molecule has 0 aliphatic rings. The van der Waals surface area contributed by atoms with Gasteiger partial charge in [-0.25, -0.2) is 0 Å². The van der Waals surface area contributed by atoms with Gasteiger partial charge in [-0.1, -0.05) is 18.5 Å². The minimum atomic E-state index is -0.678. The zero-order valence-corrected chi connectivity index (χ0v) is 8.10. The molecule has 0 bridgehead atoms. The Bertz CT molecular complexity index is 395. The normalized spacial score (nSPS) is 12.1. The number of hydrogen-bond acceptors (Lipinski definition) is 4. The van der Waals surface area contributed by atoms with Gasteiger partial charge in [0.05, 0.1) is 17.4 Å². The van der Waals surface area contributed by atoms with Crippen LogP contribution in [0, 0.1) is 21.4 Å². The average molecular weight is 215 g/mol. The Kier molecular flexibility index (Phi) is 3.04. The number of nitro groups is 1. The topological polar surface area (TPSA) is 84.8 Å². The highest BCUT2D eigenvalue weighted by atomic mass is 35.5. The molecule has 0 fully saturated rings. The Balaban J connectivity index is 3.08. The summed E-state index contributed by atoms with van der Waals surface area (Å²) in [5, 5.41) is 22.7. The van der Waals surface area contributed by atoms with Crippen molar-refractivity contribution in [2.24, 2.45) is 0 Å². The fraction of sp³-hybridized carbons (Fsp3) is 0.429. The summed E-state index contributed by atoms with van der Waals surface area (Å²) in [6.07, 6.45) is 1.81. The number of hydrogen-bond donors (Lipinski definition) is 0. The highest BCUT2D eigenvalue weighted by molar-refractivity contribution is 6.32. The van der Waals surface area contributed by atoms with Gasteiger partial charge in [-0.3, -0.25) is 0 Å².